The lowest BCUT2D eigenvalue weighted by molar-refractivity contribution is 0.891. The number of aromatic nitrogens is 2. The Bertz CT molecular complexity index is 538. The van der Waals surface area contributed by atoms with E-state index >= 15 is 0 Å². The number of aryl methyl sites for hydroxylation is 1. The van der Waals surface area contributed by atoms with E-state index in [0.29, 0.717) is 5.15 Å². The normalized spacial score (nSPS) is 10.6. The molecule has 17 heavy (non-hydrogen) atoms. The largest absolute Gasteiger partial charge is 0.154 e. The first-order chi connectivity index (χ1) is 8.08. The highest BCUT2D eigenvalue weighted by Gasteiger charge is 2.09. The monoisotopic (exact) mass is 264 g/mol. The first-order valence-electron chi connectivity index (χ1n) is 5.32. The number of rotatable bonds is 2. The fourth-order valence-corrected chi connectivity index (χ4v) is 2.43. The summed E-state index contributed by atoms with van der Waals surface area (Å²) in [5, 5.41) is 9.48. The van der Waals surface area contributed by atoms with Gasteiger partial charge in [-0.2, -0.15) is 0 Å². The van der Waals surface area contributed by atoms with Gasteiger partial charge in [0.2, 0.25) is 0 Å². The van der Waals surface area contributed by atoms with Crippen molar-refractivity contribution in [3.8, 4) is 0 Å². The number of nitrogens with zero attached hydrogens (tertiary/aromatic N) is 2. The third kappa shape index (κ3) is 2.79. The summed E-state index contributed by atoms with van der Waals surface area (Å²) in [6.07, 6.45) is 0. The van der Waals surface area contributed by atoms with Crippen LogP contribution in [0.3, 0.4) is 0 Å². The molecule has 0 aliphatic rings. The quantitative estimate of drug-likeness (QED) is 0.813. The van der Waals surface area contributed by atoms with Crippen LogP contribution in [0.5, 0.6) is 0 Å². The predicted octanol–water partition coefficient (Wildman–Crippen LogP) is 4.21. The van der Waals surface area contributed by atoms with Crippen molar-refractivity contribution in [1.82, 2.24) is 10.2 Å². The summed E-state index contributed by atoms with van der Waals surface area (Å²) in [5.41, 5.74) is 3.34. The highest BCUT2D eigenvalue weighted by atomic mass is 35.5. The molecule has 0 saturated heterocycles. The third-order valence-electron chi connectivity index (χ3n) is 2.66. The summed E-state index contributed by atoms with van der Waals surface area (Å²) in [6, 6.07) is 8.36. The van der Waals surface area contributed by atoms with Crippen LogP contribution in [0.25, 0.3) is 0 Å². The summed E-state index contributed by atoms with van der Waals surface area (Å²) in [6.45, 7) is 6.06. The van der Waals surface area contributed by atoms with Crippen LogP contribution >= 0.6 is 23.4 Å². The first-order valence-corrected chi connectivity index (χ1v) is 6.51. The molecular weight excluding hydrogens is 252 g/mol. The van der Waals surface area contributed by atoms with Crippen molar-refractivity contribution >= 4 is 23.4 Å². The average molecular weight is 265 g/mol. The lowest BCUT2D eigenvalue weighted by Crippen LogP contribution is -1.95. The first kappa shape index (κ1) is 12.4. The molecule has 0 saturated carbocycles. The molecule has 0 spiro atoms. The second kappa shape index (κ2) is 5.07. The molecule has 2 nitrogen and oxygen atoms in total. The lowest BCUT2D eigenvalue weighted by Gasteiger charge is -2.07. The van der Waals surface area contributed by atoms with Crippen molar-refractivity contribution in [2.75, 3.05) is 0 Å². The van der Waals surface area contributed by atoms with E-state index < -0.39 is 0 Å². The topological polar surface area (TPSA) is 25.8 Å². The molecule has 1 aromatic carbocycles. The minimum atomic E-state index is 0.482. The Balaban J connectivity index is 2.30. The highest BCUT2D eigenvalue weighted by Crippen LogP contribution is 2.30. The Morgan fingerprint density at radius 1 is 0.941 bits per heavy atom. The van der Waals surface area contributed by atoms with Crippen LogP contribution in [-0.4, -0.2) is 10.2 Å². The molecule has 88 valence electrons. The summed E-state index contributed by atoms with van der Waals surface area (Å²) < 4.78 is 0. The Hall–Kier alpha value is -1.06. The van der Waals surface area contributed by atoms with E-state index in [0.717, 1.165) is 21.0 Å². The summed E-state index contributed by atoms with van der Waals surface area (Å²) in [7, 11) is 0. The third-order valence-corrected chi connectivity index (χ3v) is 4.10. The fraction of sp³-hybridized carbons (Fsp3) is 0.231. The van der Waals surface area contributed by atoms with Crippen molar-refractivity contribution < 1.29 is 0 Å². The maximum Gasteiger partial charge on any atom is 0.154 e. The molecule has 0 unspecified atom stereocenters. The average Bonchev–Trinajstić information content (AvgIpc) is 2.33. The highest BCUT2D eigenvalue weighted by molar-refractivity contribution is 7.99. The van der Waals surface area contributed by atoms with Gasteiger partial charge in [-0.25, -0.2) is 0 Å². The number of hydrogen-bond acceptors (Lipinski definition) is 3. The maximum atomic E-state index is 5.93. The van der Waals surface area contributed by atoms with Gasteiger partial charge in [-0.1, -0.05) is 41.1 Å². The standard InChI is InChI=1S/C13H13ClN2S/c1-8-4-6-11(7-5-8)17-13-10(3)9(2)12(14)15-16-13/h4-7H,1-3H3. The van der Waals surface area contributed by atoms with Crippen molar-refractivity contribution in [2.45, 2.75) is 30.7 Å². The second-order valence-corrected chi connectivity index (χ2v) is 5.38. The van der Waals surface area contributed by atoms with E-state index in [-0.39, 0.29) is 0 Å². The SMILES string of the molecule is Cc1ccc(Sc2nnc(Cl)c(C)c2C)cc1. The van der Waals surface area contributed by atoms with Crippen molar-refractivity contribution in [3.63, 3.8) is 0 Å². The molecule has 0 aliphatic carbocycles. The smallest absolute Gasteiger partial charge is 0.142 e. The van der Waals surface area contributed by atoms with Gasteiger partial charge in [0.25, 0.3) is 0 Å². The van der Waals surface area contributed by atoms with Gasteiger partial charge in [0.15, 0.2) is 5.15 Å². The summed E-state index contributed by atoms with van der Waals surface area (Å²) in [5.74, 6) is 0. The molecule has 0 amide bonds. The van der Waals surface area contributed by atoms with Gasteiger partial charge in [-0.3, -0.25) is 0 Å². The van der Waals surface area contributed by atoms with Crippen LogP contribution in [0.2, 0.25) is 5.15 Å². The van der Waals surface area contributed by atoms with Gasteiger partial charge < -0.3 is 0 Å². The molecule has 1 aromatic heterocycles. The van der Waals surface area contributed by atoms with Crippen LogP contribution in [0, 0.1) is 20.8 Å². The molecule has 0 atom stereocenters. The van der Waals surface area contributed by atoms with Crippen LogP contribution in [0.4, 0.5) is 0 Å². The summed E-state index contributed by atoms with van der Waals surface area (Å²) in [4.78, 5) is 1.16. The molecule has 0 aliphatic heterocycles. The van der Waals surface area contributed by atoms with E-state index in [1.54, 1.807) is 11.8 Å². The van der Waals surface area contributed by atoms with Crippen LogP contribution < -0.4 is 0 Å². The zero-order chi connectivity index (χ0) is 12.4. The predicted molar refractivity (Wildman–Crippen MR) is 71.8 cm³/mol. The van der Waals surface area contributed by atoms with Gasteiger partial charge in [-0.05, 0) is 44.0 Å². The number of halogens is 1. The van der Waals surface area contributed by atoms with E-state index in [9.17, 15) is 0 Å². The Morgan fingerprint density at radius 2 is 1.59 bits per heavy atom. The maximum absolute atomic E-state index is 5.93. The Kier molecular flexibility index (Phi) is 3.69. The Labute approximate surface area is 110 Å². The molecular formula is C13H13ClN2S. The second-order valence-electron chi connectivity index (χ2n) is 3.96. The summed E-state index contributed by atoms with van der Waals surface area (Å²) >= 11 is 7.54. The van der Waals surface area contributed by atoms with Crippen molar-refractivity contribution in [1.29, 1.82) is 0 Å². The van der Waals surface area contributed by atoms with Crippen molar-refractivity contribution in [3.05, 3.63) is 46.1 Å². The molecule has 0 fully saturated rings. The number of benzene rings is 1. The molecule has 0 radical (unpaired) electrons. The molecule has 2 aromatic rings. The van der Waals surface area contributed by atoms with E-state index in [1.165, 1.54) is 5.56 Å². The van der Waals surface area contributed by atoms with Gasteiger partial charge >= 0.3 is 0 Å². The van der Waals surface area contributed by atoms with Gasteiger partial charge in [-0.15, -0.1) is 10.2 Å². The van der Waals surface area contributed by atoms with Gasteiger partial charge in [0.05, 0.1) is 0 Å². The number of hydrogen-bond donors (Lipinski definition) is 0. The lowest BCUT2D eigenvalue weighted by atomic mass is 10.2. The molecule has 2 rings (SSSR count). The molecule has 0 bridgehead atoms. The molecule has 1 heterocycles. The van der Waals surface area contributed by atoms with E-state index in [4.69, 9.17) is 11.6 Å². The van der Waals surface area contributed by atoms with Crippen molar-refractivity contribution in [2.24, 2.45) is 0 Å². The van der Waals surface area contributed by atoms with Crippen LogP contribution in [0.1, 0.15) is 16.7 Å². The molecule has 0 N–H and O–H groups in total. The van der Waals surface area contributed by atoms with E-state index in [2.05, 4.69) is 41.4 Å². The Morgan fingerprint density at radius 3 is 2.24 bits per heavy atom. The van der Waals surface area contributed by atoms with Gasteiger partial charge in [0.1, 0.15) is 5.03 Å². The van der Waals surface area contributed by atoms with Gasteiger partial charge in [0, 0.05) is 4.90 Å². The minimum Gasteiger partial charge on any atom is -0.142 e. The fourth-order valence-electron chi connectivity index (χ4n) is 1.37. The zero-order valence-electron chi connectivity index (χ0n) is 9.99. The molecule has 4 heteroatoms. The van der Waals surface area contributed by atoms with Crippen LogP contribution in [0.15, 0.2) is 34.2 Å². The van der Waals surface area contributed by atoms with Crippen LogP contribution in [-0.2, 0) is 0 Å². The van der Waals surface area contributed by atoms with E-state index in [1.807, 2.05) is 13.8 Å². The minimum absolute atomic E-state index is 0.482. The zero-order valence-corrected chi connectivity index (χ0v) is 11.6.